The lowest BCUT2D eigenvalue weighted by atomic mass is 9.92. The molecule has 72 valence electrons. The van der Waals surface area contributed by atoms with Gasteiger partial charge in [0, 0.05) is 12.6 Å². The second kappa shape index (κ2) is 4.24. The lowest BCUT2D eigenvalue weighted by molar-refractivity contribution is 0.0592. The van der Waals surface area contributed by atoms with E-state index in [-0.39, 0.29) is 6.10 Å². The summed E-state index contributed by atoms with van der Waals surface area (Å²) < 4.78 is 0. The molecule has 1 rings (SSSR count). The molecule has 0 aliphatic carbocycles. The number of piperidine rings is 1. The summed E-state index contributed by atoms with van der Waals surface area (Å²) in [5.74, 6) is 0.789. The Morgan fingerprint density at radius 1 is 1.50 bits per heavy atom. The molecule has 1 aliphatic heterocycles. The number of hydrogen-bond acceptors (Lipinski definition) is 2. The van der Waals surface area contributed by atoms with Gasteiger partial charge in [0.05, 0.1) is 6.10 Å². The molecule has 2 nitrogen and oxygen atoms in total. The van der Waals surface area contributed by atoms with Gasteiger partial charge in [-0.2, -0.15) is 0 Å². The van der Waals surface area contributed by atoms with Crippen molar-refractivity contribution < 1.29 is 5.11 Å². The van der Waals surface area contributed by atoms with Gasteiger partial charge in [-0.1, -0.05) is 6.92 Å². The lowest BCUT2D eigenvalue weighted by Gasteiger charge is -2.38. The van der Waals surface area contributed by atoms with Gasteiger partial charge >= 0.3 is 0 Å². The molecule has 12 heavy (non-hydrogen) atoms. The van der Waals surface area contributed by atoms with Gasteiger partial charge in [0.2, 0.25) is 0 Å². The Morgan fingerprint density at radius 3 is 2.75 bits per heavy atom. The third kappa shape index (κ3) is 2.46. The van der Waals surface area contributed by atoms with E-state index in [0.29, 0.717) is 6.04 Å². The monoisotopic (exact) mass is 171 g/mol. The zero-order chi connectivity index (χ0) is 9.14. The first kappa shape index (κ1) is 10.0. The number of aliphatic hydroxyl groups excluding tert-OH is 1. The van der Waals surface area contributed by atoms with Crippen LogP contribution in [-0.4, -0.2) is 35.2 Å². The van der Waals surface area contributed by atoms with E-state index >= 15 is 0 Å². The fraction of sp³-hybridized carbons (Fsp3) is 1.00. The molecule has 0 aromatic rings. The normalized spacial score (nSPS) is 35.0. The van der Waals surface area contributed by atoms with Gasteiger partial charge in [-0.15, -0.1) is 0 Å². The molecule has 0 spiro atoms. The molecule has 1 N–H and O–H groups in total. The quantitative estimate of drug-likeness (QED) is 0.680. The van der Waals surface area contributed by atoms with Crippen LogP contribution in [0.2, 0.25) is 0 Å². The maximum Gasteiger partial charge on any atom is 0.0639 e. The van der Waals surface area contributed by atoms with Crippen molar-refractivity contribution in [3.8, 4) is 0 Å². The molecule has 1 fully saturated rings. The smallest absolute Gasteiger partial charge is 0.0639 e. The minimum absolute atomic E-state index is 0.183. The van der Waals surface area contributed by atoms with Crippen LogP contribution in [0.25, 0.3) is 0 Å². The van der Waals surface area contributed by atoms with Crippen LogP contribution in [0.15, 0.2) is 0 Å². The van der Waals surface area contributed by atoms with Crippen LogP contribution in [0.3, 0.4) is 0 Å². The van der Waals surface area contributed by atoms with Crippen LogP contribution in [0, 0.1) is 5.92 Å². The molecule has 1 aliphatic rings. The second-order valence-corrected chi connectivity index (χ2v) is 4.20. The van der Waals surface area contributed by atoms with Crippen LogP contribution in [0.4, 0.5) is 0 Å². The van der Waals surface area contributed by atoms with Crippen LogP contribution in [-0.2, 0) is 0 Å². The van der Waals surface area contributed by atoms with Crippen molar-refractivity contribution in [1.29, 1.82) is 0 Å². The fourth-order valence-electron chi connectivity index (χ4n) is 2.02. The topological polar surface area (TPSA) is 23.5 Å². The van der Waals surface area contributed by atoms with Gasteiger partial charge in [0.1, 0.15) is 0 Å². The Bertz CT molecular complexity index is 136. The summed E-state index contributed by atoms with van der Waals surface area (Å²) in [5.41, 5.74) is 0. The Hall–Kier alpha value is -0.0800. The maximum absolute atomic E-state index is 9.27. The first-order valence-corrected chi connectivity index (χ1v) is 5.03. The molecule has 3 atom stereocenters. The molecule has 1 saturated heterocycles. The molecule has 1 heterocycles. The maximum atomic E-state index is 9.27. The summed E-state index contributed by atoms with van der Waals surface area (Å²) in [6.07, 6.45) is 2.45. The van der Waals surface area contributed by atoms with Crippen molar-refractivity contribution in [3.05, 3.63) is 0 Å². The number of likely N-dealkylation sites (tertiary alicyclic amines) is 1. The highest BCUT2D eigenvalue weighted by molar-refractivity contribution is 4.79. The molecule has 0 saturated carbocycles. The lowest BCUT2D eigenvalue weighted by Crippen LogP contribution is -2.45. The van der Waals surface area contributed by atoms with E-state index in [9.17, 15) is 5.11 Å². The molecule has 0 aromatic heterocycles. The average molecular weight is 171 g/mol. The molecular formula is C10H21NO. The van der Waals surface area contributed by atoms with Gasteiger partial charge in [-0.3, -0.25) is 4.90 Å². The number of nitrogens with zero attached hydrogens (tertiary/aromatic N) is 1. The fourth-order valence-corrected chi connectivity index (χ4v) is 2.02. The zero-order valence-corrected chi connectivity index (χ0v) is 8.45. The van der Waals surface area contributed by atoms with Gasteiger partial charge in [0.15, 0.2) is 0 Å². The van der Waals surface area contributed by atoms with E-state index in [1.165, 1.54) is 12.8 Å². The van der Waals surface area contributed by atoms with E-state index in [0.717, 1.165) is 19.0 Å². The van der Waals surface area contributed by atoms with Crippen molar-refractivity contribution in [1.82, 2.24) is 4.90 Å². The number of hydrogen-bond donors (Lipinski definition) is 1. The first-order chi connectivity index (χ1) is 5.61. The Labute approximate surface area is 75.6 Å². The van der Waals surface area contributed by atoms with Crippen molar-refractivity contribution in [2.75, 3.05) is 13.1 Å². The average Bonchev–Trinajstić information content (AvgIpc) is 1.98. The van der Waals surface area contributed by atoms with E-state index in [2.05, 4.69) is 18.7 Å². The standard InChI is InChI=1S/C10H21NO/c1-8-5-4-6-11(10(8)3)7-9(2)12/h8-10,12H,4-7H2,1-3H3/t8?,9-,10?/m1/s1. The van der Waals surface area contributed by atoms with Gasteiger partial charge in [0.25, 0.3) is 0 Å². The van der Waals surface area contributed by atoms with Crippen molar-refractivity contribution in [2.24, 2.45) is 5.92 Å². The highest BCUT2D eigenvalue weighted by atomic mass is 16.3. The minimum atomic E-state index is -0.183. The largest absolute Gasteiger partial charge is 0.392 e. The van der Waals surface area contributed by atoms with Crippen LogP contribution >= 0.6 is 0 Å². The summed E-state index contributed by atoms with van der Waals surface area (Å²) >= 11 is 0. The Kier molecular flexibility index (Phi) is 3.53. The molecule has 0 aromatic carbocycles. The van der Waals surface area contributed by atoms with Crippen LogP contribution < -0.4 is 0 Å². The van der Waals surface area contributed by atoms with E-state index < -0.39 is 0 Å². The van der Waals surface area contributed by atoms with Gasteiger partial charge in [-0.05, 0) is 39.2 Å². The third-order valence-corrected chi connectivity index (χ3v) is 3.00. The molecule has 2 heteroatoms. The second-order valence-electron chi connectivity index (χ2n) is 4.20. The van der Waals surface area contributed by atoms with Crippen molar-refractivity contribution in [3.63, 3.8) is 0 Å². The minimum Gasteiger partial charge on any atom is -0.392 e. The molecule has 0 bridgehead atoms. The molecule has 0 amide bonds. The predicted molar refractivity (Wildman–Crippen MR) is 51.1 cm³/mol. The van der Waals surface area contributed by atoms with Gasteiger partial charge < -0.3 is 5.11 Å². The van der Waals surface area contributed by atoms with Crippen molar-refractivity contribution >= 4 is 0 Å². The Balaban J connectivity index is 2.41. The summed E-state index contributed by atoms with van der Waals surface area (Å²) in [5, 5.41) is 9.27. The zero-order valence-electron chi connectivity index (χ0n) is 8.45. The summed E-state index contributed by atoms with van der Waals surface area (Å²) in [6.45, 7) is 8.44. The van der Waals surface area contributed by atoms with E-state index in [1.54, 1.807) is 0 Å². The number of β-amino-alcohol motifs (C(OH)–C–C–N with tert-alkyl or cyclic N) is 1. The summed E-state index contributed by atoms with van der Waals surface area (Å²) in [4.78, 5) is 2.40. The van der Waals surface area contributed by atoms with Gasteiger partial charge in [-0.25, -0.2) is 0 Å². The Morgan fingerprint density at radius 2 is 2.17 bits per heavy atom. The molecule has 0 radical (unpaired) electrons. The first-order valence-electron chi connectivity index (χ1n) is 5.03. The summed E-state index contributed by atoms with van der Waals surface area (Å²) in [7, 11) is 0. The number of aliphatic hydroxyl groups is 1. The van der Waals surface area contributed by atoms with Crippen LogP contribution in [0.1, 0.15) is 33.6 Å². The third-order valence-electron chi connectivity index (χ3n) is 3.00. The SMILES string of the molecule is CC1CCCN(C[C@@H](C)O)C1C. The number of rotatable bonds is 2. The van der Waals surface area contributed by atoms with Crippen LogP contribution in [0.5, 0.6) is 0 Å². The van der Waals surface area contributed by atoms with E-state index in [4.69, 9.17) is 0 Å². The summed E-state index contributed by atoms with van der Waals surface area (Å²) in [6, 6.07) is 0.647. The highest BCUT2D eigenvalue weighted by Crippen LogP contribution is 2.22. The molecular weight excluding hydrogens is 150 g/mol. The molecule has 2 unspecified atom stereocenters. The highest BCUT2D eigenvalue weighted by Gasteiger charge is 2.24. The predicted octanol–water partition coefficient (Wildman–Crippen LogP) is 1.49. The van der Waals surface area contributed by atoms with E-state index in [1.807, 2.05) is 6.92 Å². The van der Waals surface area contributed by atoms with Crippen molar-refractivity contribution in [2.45, 2.75) is 45.8 Å².